The number of hydrogen-bond acceptors (Lipinski definition) is 3. The molecule has 2 amide bonds. The second kappa shape index (κ2) is 5.97. The summed E-state index contributed by atoms with van der Waals surface area (Å²) < 4.78 is 0.844. The van der Waals surface area contributed by atoms with Gasteiger partial charge < -0.3 is 16.0 Å². The van der Waals surface area contributed by atoms with Crippen molar-refractivity contribution in [3.8, 4) is 0 Å². The fraction of sp³-hybridized carbons (Fsp3) is 0.333. The van der Waals surface area contributed by atoms with Crippen molar-refractivity contribution in [1.82, 2.24) is 10.6 Å². The molecule has 5 nitrogen and oxygen atoms in total. The van der Waals surface area contributed by atoms with Crippen LogP contribution < -0.4 is 16.0 Å². The van der Waals surface area contributed by atoms with Crippen molar-refractivity contribution >= 4 is 33.4 Å². The summed E-state index contributed by atoms with van der Waals surface area (Å²) >= 11 is 3.36. The number of benzene rings is 1. The van der Waals surface area contributed by atoms with Crippen molar-refractivity contribution in [1.29, 1.82) is 0 Å². The summed E-state index contributed by atoms with van der Waals surface area (Å²) in [6.07, 6.45) is 0.433. The topological polar surface area (TPSA) is 70.2 Å². The van der Waals surface area contributed by atoms with Crippen molar-refractivity contribution in [3.63, 3.8) is 0 Å². The monoisotopic (exact) mass is 311 g/mol. The highest BCUT2D eigenvalue weighted by molar-refractivity contribution is 9.10. The Labute approximate surface area is 113 Å². The molecule has 0 aliphatic carbocycles. The van der Waals surface area contributed by atoms with E-state index in [0.717, 1.165) is 10.2 Å². The lowest BCUT2D eigenvalue weighted by molar-refractivity contribution is -0.119. The van der Waals surface area contributed by atoms with Gasteiger partial charge in [0.25, 0.3) is 0 Å². The molecule has 96 valence electrons. The Morgan fingerprint density at radius 2 is 2.22 bits per heavy atom. The Bertz CT molecular complexity index is 464. The summed E-state index contributed by atoms with van der Waals surface area (Å²) in [6.45, 7) is 0.780. The number of hydrogen-bond donors (Lipinski definition) is 3. The van der Waals surface area contributed by atoms with Crippen LogP contribution in [0.25, 0.3) is 0 Å². The first-order valence-corrected chi connectivity index (χ1v) is 6.49. The van der Waals surface area contributed by atoms with E-state index < -0.39 is 0 Å². The van der Waals surface area contributed by atoms with Crippen LogP contribution in [0, 0.1) is 0 Å². The minimum Gasteiger partial charge on any atom is -0.354 e. The van der Waals surface area contributed by atoms with Crippen LogP contribution in [-0.2, 0) is 9.59 Å². The molecule has 3 N–H and O–H groups in total. The number of para-hydroxylation sites is 1. The lowest BCUT2D eigenvalue weighted by Gasteiger charge is -2.11. The van der Waals surface area contributed by atoms with E-state index in [0.29, 0.717) is 13.0 Å². The molecule has 1 aromatic carbocycles. The molecule has 18 heavy (non-hydrogen) atoms. The summed E-state index contributed by atoms with van der Waals surface area (Å²) in [5.74, 6) is -0.0973. The maximum atomic E-state index is 11.7. The van der Waals surface area contributed by atoms with E-state index in [1.165, 1.54) is 0 Å². The van der Waals surface area contributed by atoms with Gasteiger partial charge in [-0.05, 0) is 28.1 Å². The Morgan fingerprint density at radius 1 is 1.44 bits per heavy atom. The number of carbonyl (C=O) groups is 2. The van der Waals surface area contributed by atoms with Crippen LogP contribution in [0.15, 0.2) is 28.7 Å². The molecule has 2 rings (SSSR count). The average Bonchev–Trinajstić information content (AvgIpc) is 2.76. The van der Waals surface area contributed by atoms with E-state index >= 15 is 0 Å². The molecular formula is C12H14BrN3O2. The van der Waals surface area contributed by atoms with E-state index in [2.05, 4.69) is 31.9 Å². The Balaban J connectivity index is 1.79. The van der Waals surface area contributed by atoms with Gasteiger partial charge in [0.2, 0.25) is 11.8 Å². The molecule has 1 atom stereocenters. The number of anilines is 1. The normalized spacial score (nSPS) is 18.5. The molecule has 0 saturated carbocycles. The van der Waals surface area contributed by atoms with Gasteiger partial charge >= 0.3 is 0 Å². The molecule has 1 heterocycles. The van der Waals surface area contributed by atoms with Crippen LogP contribution in [0.1, 0.15) is 6.42 Å². The quantitative estimate of drug-likeness (QED) is 0.772. The maximum Gasteiger partial charge on any atom is 0.238 e. The van der Waals surface area contributed by atoms with Crippen molar-refractivity contribution in [2.24, 2.45) is 0 Å². The number of halogens is 1. The largest absolute Gasteiger partial charge is 0.354 e. The summed E-state index contributed by atoms with van der Waals surface area (Å²) in [5, 5.41) is 8.54. The third-order valence-corrected chi connectivity index (χ3v) is 3.37. The summed E-state index contributed by atoms with van der Waals surface area (Å²) in [7, 11) is 0. The van der Waals surface area contributed by atoms with E-state index in [4.69, 9.17) is 0 Å². The first-order chi connectivity index (χ1) is 8.65. The molecule has 1 saturated heterocycles. The highest BCUT2D eigenvalue weighted by Crippen LogP contribution is 2.20. The molecule has 1 aliphatic rings. The van der Waals surface area contributed by atoms with Crippen molar-refractivity contribution in [2.45, 2.75) is 12.5 Å². The Kier molecular flexibility index (Phi) is 4.33. The van der Waals surface area contributed by atoms with Crippen molar-refractivity contribution in [2.75, 3.05) is 18.4 Å². The van der Waals surface area contributed by atoms with Crippen molar-refractivity contribution < 1.29 is 9.59 Å². The third kappa shape index (κ3) is 3.54. The highest BCUT2D eigenvalue weighted by Gasteiger charge is 2.21. The molecule has 1 fully saturated rings. The van der Waals surface area contributed by atoms with Crippen LogP contribution in [0.2, 0.25) is 0 Å². The summed E-state index contributed by atoms with van der Waals surface area (Å²) in [5.41, 5.74) is 0.741. The van der Waals surface area contributed by atoms with Gasteiger partial charge in [0, 0.05) is 23.5 Å². The van der Waals surface area contributed by atoms with Crippen LogP contribution in [-0.4, -0.2) is 30.9 Å². The minimum absolute atomic E-state index is 0.0266. The summed E-state index contributed by atoms with van der Waals surface area (Å²) in [6, 6.07) is 7.47. The van der Waals surface area contributed by atoms with E-state index in [-0.39, 0.29) is 24.4 Å². The molecular weight excluding hydrogens is 298 g/mol. The van der Waals surface area contributed by atoms with Crippen LogP contribution in [0.3, 0.4) is 0 Å². The second-order valence-corrected chi connectivity index (χ2v) is 4.97. The van der Waals surface area contributed by atoms with Gasteiger partial charge in [0.05, 0.1) is 12.2 Å². The van der Waals surface area contributed by atoms with Gasteiger partial charge in [-0.1, -0.05) is 12.1 Å². The molecule has 0 aromatic heterocycles. The van der Waals surface area contributed by atoms with Crippen molar-refractivity contribution in [3.05, 3.63) is 28.7 Å². The van der Waals surface area contributed by atoms with Crippen LogP contribution in [0.5, 0.6) is 0 Å². The lowest BCUT2D eigenvalue weighted by Crippen LogP contribution is -2.37. The minimum atomic E-state index is -0.124. The molecule has 0 bridgehead atoms. The predicted molar refractivity (Wildman–Crippen MR) is 72.2 cm³/mol. The number of nitrogens with one attached hydrogen (secondary N) is 3. The number of amides is 2. The molecule has 1 unspecified atom stereocenters. The Hall–Kier alpha value is -1.40. The van der Waals surface area contributed by atoms with Gasteiger partial charge in [0.1, 0.15) is 0 Å². The number of carbonyl (C=O) groups excluding carboxylic acids is 2. The SMILES string of the molecule is O=C1CC(NCC(=O)Nc2ccccc2Br)CN1. The number of rotatable bonds is 4. The summed E-state index contributed by atoms with van der Waals surface area (Å²) in [4.78, 5) is 22.7. The smallest absolute Gasteiger partial charge is 0.238 e. The zero-order chi connectivity index (χ0) is 13.0. The molecule has 0 spiro atoms. The van der Waals surface area contributed by atoms with E-state index in [9.17, 15) is 9.59 Å². The average molecular weight is 312 g/mol. The van der Waals surface area contributed by atoms with Crippen LogP contribution >= 0.6 is 15.9 Å². The standard InChI is InChI=1S/C12H14BrN3O2/c13-9-3-1-2-4-10(9)16-12(18)7-14-8-5-11(17)15-6-8/h1-4,8,14H,5-7H2,(H,15,17)(H,16,18). The molecule has 0 radical (unpaired) electrons. The van der Waals surface area contributed by atoms with Gasteiger partial charge in [-0.3, -0.25) is 9.59 Å². The van der Waals surface area contributed by atoms with Gasteiger partial charge in [-0.15, -0.1) is 0 Å². The van der Waals surface area contributed by atoms with Gasteiger partial charge in [0.15, 0.2) is 0 Å². The van der Waals surface area contributed by atoms with E-state index in [1.54, 1.807) is 0 Å². The maximum absolute atomic E-state index is 11.7. The lowest BCUT2D eigenvalue weighted by atomic mass is 10.2. The zero-order valence-electron chi connectivity index (χ0n) is 9.70. The molecule has 6 heteroatoms. The Morgan fingerprint density at radius 3 is 2.89 bits per heavy atom. The fourth-order valence-corrected chi connectivity index (χ4v) is 2.13. The zero-order valence-corrected chi connectivity index (χ0v) is 11.3. The van der Waals surface area contributed by atoms with Crippen LogP contribution in [0.4, 0.5) is 5.69 Å². The fourth-order valence-electron chi connectivity index (χ4n) is 1.74. The molecule has 1 aromatic rings. The predicted octanol–water partition coefficient (Wildman–Crippen LogP) is 0.866. The molecule has 1 aliphatic heterocycles. The first kappa shape index (κ1) is 13.0. The third-order valence-electron chi connectivity index (χ3n) is 2.68. The first-order valence-electron chi connectivity index (χ1n) is 5.69. The van der Waals surface area contributed by atoms with Gasteiger partial charge in [-0.2, -0.15) is 0 Å². The van der Waals surface area contributed by atoms with E-state index in [1.807, 2.05) is 24.3 Å². The highest BCUT2D eigenvalue weighted by atomic mass is 79.9. The second-order valence-electron chi connectivity index (χ2n) is 4.11. The van der Waals surface area contributed by atoms with Gasteiger partial charge in [-0.25, -0.2) is 0 Å².